The summed E-state index contributed by atoms with van der Waals surface area (Å²) in [4.78, 5) is 47.5. The molecule has 2 aliphatic heterocycles. The number of nitrogens with one attached hydrogen (secondary N) is 1. The molecule has 4 heterocycles. The van der Waals surface area contributed by atoms with E-state index in [9.17, 15) is 14.4 Å². The maximum absolute atomic E-state index is 15.4. The summed E-state index contributed by atoms with van der Waals surface area (Å²) in [6, 6.07) is 10.1. The van der Waals surface area contributed by atoms with Gasteiger partial charge in [-0.05, 0) is 62.5 Å². The van der Waals surface area contributed by atoms with Crippen molar-refractivity contribution in [2.75, 3.05) is 25.0 Å². The highest BCUT2D eigenvalue weighted by Crippen LogP contribution is 2.38. The number of halogens is 2. The van der Waals surface area contributed by atoms with Crippen LogP contribution < -0.4 is 5.32 Å². The summed E-state index contributed by atoms with van der Waals surface area (Å²) in [5, 5.41) is 15.3. The summed E-state index contributed by atoms with van der Waals surface area (Å²) in [6.07, 6.45) is 6.10. The Morgan fingerprint density at radius 1 is 1.14 bits per heavy atom. The molecule has 2 saturated heterocycles. The van der Waals surface area contributed by atoms with Gasteiger partial charge in [0.25, 0.3) is 5.91 Å². The van der Waals surface area contributed by atoms with Gasteiger partial charge in [-0.3, -0.25) is 19.3 Å². The van der Waals surface area contributed by atoms with E-state index in [1.807, 2.05) is 24.3 Å². The quantitative estimate of drug-likeness (QED) is 0.206. The van der Waals surface area contributed by atoms with Gasteiger partial charge >= 0.3 is 5.97 Å². The lowest BCUT2D eigenvalue weighted by Gasteiger charge is -2.32. The monoisotopic (exact) mass is 654 g/mol. The van der Waals surface area contributed by atoms with Crippen molar-refractivity contribution in [1.82, 2.24) is 14.8 Å². The second-order valence-electron chi connectivity index (χ2n) is 11.3. The molecule has 0 saturated carbocycles. The molecule has 2 atom stereocenters. The van der Waals surface area contributed by atoms with E-state index in [0.717, 1.165) is 52.3 Å². The van der Waals surface area contributed by atoms with Crippen molar-refractivity contribution in [3.63, 3.8) is 0 Å². The number of carbonyl (C=O) groups excluding carboxylic acids is 2. The molecule has 12 heteroatoms. The molecule has 1 unspecified atom stereocenters. The minimum atomic E-state index is -0.867. The van der Waals surface area contributed by atoms with Crippen molar-refractivity contribution in [2.24, 2.45) is 0 Å². The fraction of sp³-hybridized carbons (Fsp3) is 0.375. The normalized spacial score (nSPS) is 19.0. The zero-order valence-electron chi connectivity index (χ0n) is 23.9. The third-order valence-electron chi connectivity index (χ3n) is 8.40. The van der Waals surface area contributed by atoms with Crippen LogP contribution in [0.15, 0.2) is 48.0 Å². The van der Waals surface area contributed by atoms with Gasteiger partial charge in [-0.25, -0.2) is 9.37 Å². The number of nitrogens with zero attached hydrogens (tertiary/aromatic N) is 3. The Kier molecular flexibility index (Phi) is 9.27. The van der Waals surface area contributed by atoms with E-state index >= 15 is 4.39 Å². The number of hydrogen-bond acceptors (Lipinski definition) is 7. The Balaban J connectivity index is 1.19. The topological polar surface area (TPSA) is 103 Å². The highest BCUT2D eigenvalue weighted by molar-refractivity contribution is 7.17. The van der Waals surface area contributed by atoms with Gasteiger partial charge in [0.15, 0.2) is 0 Å². The van der Waals surface area contributed by atoms with E-state index < -0.39 is 11.8 Å². The summed E-state index contributed by atoms with van der Waals surface area (Å²) < 4.78 is 16.4. The average molecular weight is 655 g/mol. The Labute approximate surface area is 267 Å². The number of carbonyl (C=O) groups is 3. The molecule has 2 aromatic carbocycles. The van der Waals surface area contributed by atoms with Crippen molar-refractivity contribution in [1.29, 1.82) is 0 Å². The van der Waals surface area contributed by atoms with Crippen LogP contribution in [0.3, 0.4) is 0 Å². The summed E-state index contributed by atoms with van der Waals surface area (Å²) >= 11 is 9.40. The standard InChI is InChI=1S/C32H32ClFN4O4S2/c33-24-12-19(25(34)15-26(24)36-31(42)23-18-43-28-7-3-2-6-22(23)28)13-29(39)38-17-20(37-10-4-1-5-11-37)14-27(38)32-35-16-21(44-32)8-9-30(40)41/h2-3,6-7,12,15-16,18,20,27H,1,4-5,8-11,13-14,17H2,(H,36,42)(H,40,41)/t20-,27?/m0/s1. The molecule has 44 heavy (non-hydrogen) atoms. The molecule has 0 radical (unpaired) electrons. The number of aromatic nitrogens is 1. The van der Waals surface area contributed by atoms with Crippen LogP contribution in [0.4, 0.5) is 10.1 Å². The van der Waals surface area contributed by atoms with Crippen molar-refractivity contribution < 1.29 is 23.9 Å². The van der Waals surface area contributed by atoms with E-state index in [1.165, 1.54) is 41.2 Å². The van der Waals surface area contributed by atoms with Crippen LogP contribution in [0.25, 0.3) is 10.1 Å². The fourth-order valence-electron chi connectivity index (χ4n) is 6.12. The number of thiophene rings is 1. The minimum absolute atomic E-state index is 0.0195. The zero-order valence-corrected chi connectivity index (χ0v) is 26.3. The number of thiazole rings is 1. The summed E-state index contributed by atoms with van der Waals surface area (Å²) in [5.74, 6) is -2.11. The summed E-state index contributed by atoms with van der Waals surface area (Å²) in [5.41, 5.74) is 0.778. The van der Waals surface area contributed by atoms with Crippen LogP contribution in [0.5, 0.6) is 0 Å². The lowest BCUT2D eigenvalue weighted by molar-refractivity contribution is -0.137. The number of fused-ring (bicyclic) bond motifs is 1. The highest BCUT2D eigenvalue weighted by atomic mass is 35.5. The van der Waals surface area contributed by atoms with Gasteiger partial charge < -0.3 is 15.3 Å². The molecule has 0 spiro atoms. The molecule has 0 aliphatic carbocycles. The van der Waals surface area contributed by atoms with E-state index in [2.05, 4.69) is 15.2 Å². The van der Waals surface area contributed by atoms with E-state index in [1.54, 1.807) is 16.5 Å². The van der Waals surface area contributed by atoms with E-state index in [0.29, 0.717) is 18.5 Å². The number of anilines is 1. The maximum atomic E-state index is 15.4. The molecular weight excluding hydrogens is 623 g/mol. The van der Waals surface area contributed by atoms with E-state index in [4.69, 9.17) is 16.7 Å². The van der Waals surface area contributed by atoms with Gasteiger partial charge in [0.05, 0.1) is 35.2 Å². The van der Waals surface area contributed by atoms with Crippen molar-refractivity contribution >= 4 is 67.8 Å². The fourth-order valence-corrected chi connectivity index (χ4v) is 8.34. The molecule has 2 amide bonds. The Bertz CT molecular complexity index is 1700. The second kappa shape index (κ2) is 13.3. The van der Waals surface area contributed by atoms with Crippen LogP contribution in [0.1, 0.15) is 64.0 Å². The maximum Gasteiger partial charge on any atom is 0.303 e. The molecule has 4 aromatic rings. The van der Waals surface area contributed by atoms with Gasteiger partial charge in [0, 0.05) is 39.1 Å². The first-order chi connectivity index (χ1) is 21.3. The predicted octanol–water partition coefficient (Wildman–Crippen LogP) is 6.79. The summed E-state index contributed by atoms with van der Waals surface area (Å²) in [6.45, 7) is 2.49. The second-order valence-corrected chi connectivity index (χ2v) is 13.8. The molecule has 2 aliphatic rings. The van der Waals surface area contributed by atoms with Gasteiger partial charge in [-0.2, -0.15) is 0 Å². The molecule has 6 rings (SSSR count). The molecule has 2 aromatic heterocycles. The Hall–Kier alpha value is -3.38. The van der Waals surface area contributed by atoms with E-state index in [-0.39, 0.29) is 53.0 Å². The minimum Gasteiger partial charge on any atom is -0.481 e. The van der Waals surface area contributed by atoms with Crippen molar-refractivity contribution in [2.45, 2.75) is 57.0 Å². The first kappa shape index (κ1) is 30.6. The summed E-state index contributed by atoms with van der Waals surface area (Å²) in [7, 11) is 0. The number of aliphatic carboxylic acids is 1. The molecule has 2 N–H and O–H groups in total. The Morgan fingerprint density at radius 3 is 2.73 bits per heavy atom. The lowest BCUT2D eigenvalue weighted by atomic mass is 10.1. The molecule has 0 bridgehead atoms. The smallest absolute Gasteiger partial charge is 0.303 e. The molecule has 230 valence electrons. The lowest BCUT2D eigenvalue weighted by Crippen LogP contribution is -2.42. The van der Waals surface area contributed by atoms with Gasteiger partial charge in [0.2, 0.25) is 5.91 Å². The number of likely N-dealkylation sites (tertiary alicyclic amines) is 2. The van der Waals surface area contributed by atoms with Crippen LogP contribution in [0, 0.1) is 5.82 Å². The number of benzene rings is 2. The third-order valence-corrected chi connectivity index (χ3v) is 10.8. The van der Waals surface area contributed by atoms with Crippen molar-refractivity contribution in [3.8, 4) is 0 Å². The first-order valence-corrected chi connectivity index (χ1v) is 16.8. The largest absolute Gasteiger partial charge is 0.481 e. The number of rotatable bonds is 9. The van der Waals surface area contributed by atoms with Gasteiger partial charge in [0.1, 0.15) is 10.8 Å². The highest BCUT2D eigenvalue weighted by Gasteiger charge is 2.40. The molecular formula is C32H32ClFN4O4S2. The molecule has 2 fully saturated rings. The third kappa shape index (κ3) is 6.66. The number of amides is 2. The predicted molar refractivity (Wildman–Crippen MR) is 171 cm³/mol. The van der Waals surface area contributed by atoms with Gasteiger partial charge in [-0.1, -0.05) is 36.2 Å². The van der Waals surface area contributed by atoms with Crippen LogP contribution in [0.2, 0.25) is 5.02 Å². The SMILES string of the molecule is O=C(O)CCc1cnc(C2C[C@H](N3CCCCC3)CN2C(=O)Cc2cc(Cl)c(NC(=O)c3csc4ccccc34)cc2F)s1. The number of carboxylic acid groups (broad SMARTS) is 1. The van der Waals surface area contributed by atoms with Crippen LogP contribution >= 0.6 is 34.3 Å². The van der Waals surface area contributed by atoms with Crippen molar-refractivity contribution in [3.05, 3.63) is 79.8 Å². The number of carboxylic acids is 1. The van der Waals surface area contributed by atoms with Crippen LogP contribution in [-0.4, -0.2) is 63.4 Å². The molecule has 8 nitrogen and oxygen atoms in total. The number of hydrogen-bond donors (Lipinski definition) is 2. The Morgan fingerprint density at radius 2 is 1.93 bits per heavy atom. The average Bonchev–Trinajstić information content (AvgIpc) is 3.77. The van der Waals surface area contributed by atoms with Crippen LogP contribution in [-0.2, 0) is 22.4 Å². The zero-order chi connectivity index (χ0) is 30.8. The number of piperidine rings is 1. The number of aryl methyl sites for hydroxylation is 1. The van der Waals surface area contributed by atoms with Gasteiger partial charge in [-0.15, -0.1) is 22.7 Å². The first-order valence-electron chi connectivity index (χ1n) is 14.7.